The number of fused-ring (bicyclic) bond motifs is 3. The normalized spacial score (nSPS) is 12.1. The Morgan fingerprint density at radius 1 is 0.895 bits per heavy atom. The molecule has 4 aromatic rings. The Bertz CT molecular complexity index is 1530. The van der Waals surface area contributed by atoms with Crippen molar-refractivity contribution in [3.8, 4) is 33.6 Å². The van der Waals surface area contributed by atoms with E-state index in [2.05, 4.69) is 50.9 Å². The number of phosphoric acid groups is 1. The minimum absolute atomic E-state index is 0.110. The van der Waals surface area contributed by atoms with E-state index in [0.29, 0.717) is 12.0 Å². The van der Waals surface area contributed by atoms with Crippen molar-refractivity contribution in [3.63, 3.8) is 0 Å². The summed E-state index contributed by atoms with van der Waals surface area (Å²) in [7, 11) is -4.67. The maximum absolute atomic E-state index is 12.5. The van der Waals surface area contributed by atoms with Gasteiger partial charge in [-0.2, -0.15) is 25.7 Å². The van der Waals surface area contributed by atoms with E-state index in [1.807, 2.05) is 30.3 Å². The Hall–Kier alpha value is -4.43. The first kappa shape index (κ1) is 25.2. The molecular formula is C22H19N6O9P. The van der Waals surface area contributed by atoms with Crippen LogP contribution in [0, 0.1) is 0 Å². The lowest BCUT2D eigenvalue weighted by molar-refractivity contribution is -0.0305. The summed E-state index contributed by atoms with van der Waals surface area (Å²) in [6.07, 6.45) is 1.11. The third-order valence-corrected chi connectivity index (χ3v) is 6.06. The van der Waals surface area contributed by atoms with Crippen LogP contribution in [0.3, 0.4) is 0 Å². The van der Waals surface area contributed by atoms with E-state index >= 15 is 0 Å². The number of ether oxygens (including phenoxy) is 3. The zero-order valence-corrected chi connectivity index (χ0v) is 20.3. The van der Waals surface area contributed by atoms with E-state index in [-0.39, 0.29) is 11.4 Å². The zero-order valence-electron chi connectivity index (χ0n) is 19.4. The van der Waals surface area contributed by atoms with E-state index in [0.717, 1.165) is 33.5 Å². The molecular weight excluding hydrogens is 523 g/mol. The minimum atomic E-state index is -4.67. The number of carbonyl (C=O) groups excluding carboxylic acids is 2. The molecule has 0 amide bonds. The molecule has 0 unspecified atom stereocenters. The highest BCUT2D eigenvalue weighted by molar-refractivity contribution is 7.46. The fourth-order valence-corrected chi connectivity index (χ4v) is 4.27. The average Bonchev–Trinajstić information content (AvgIpc) is 3.64. The lowest BCUT2D eigenvalue weighted by Crippen LogP contribution is -2.16. The van der Waals surface area contributed by atoms with E-state index in [9.17, 15) is 14.2 Å². The van der Waals surface area contributed by atoms with Crippen molar-refractivity contribution in [2.24, 2.45) is 0 Å². The monoisotopic (exact) mass is 542 g/mol. The Morgan fingerprint density at radius 3 is 2.34 bits per heavy atom. The van der Waals surface area contributed by atoms with Crippen LogP contribution in [0.2, 0.25) is 0 Å². The number of carbonyl (C=O) groups is 2. The molecule has 2 aromatic heterocycles. The van der Waals surface area contributed by atoms with Gasteiger partial charge in [0.05, 0.1) is 12.8 Å². The van der Waals surface area contributed by atoms with Gasteiger partial charge in [0.2, 0.25) is 6.79 Å². The van der Waals surface area contributed by atoms with E-state index in [1.54, 1.807) is 6.20 Å². The van der Waals surface area contributed by atoms with Crippen molar-refractivity contribution >= 4 is 19.9 Å². The molecule has 0 bridgehead atoms. The van der Waals surface area contributed by atoms with Gasteiger partial charge < -0.3 is 24.0 Å². The molecule has 2 heterocycles. The molecule has 15 nitrogen and oxygen atoms in total. The Kier molecular flexibility index (Phi) is 6.98. The second-order valence-electron chi connectivity index (χ2n) is 7.91. The number of nitrogens with one attached hydrogen (secondary N) is 2. The first-order valence-corrected chi connectivity index (χ1v) is 12.5. The molecule has 0 spiro atoms. The summed E-state index contributed by atoms with van der Waals surface area (Å²) in [5.74, 6) is -0.896. The summed E-state index contributed by atoms with van der Waals surface area (Å²) in [6.45, 7) is -1.80. The Balaban J connectivity index is 1.20. The van der Waals surface area contributed by atoms with Gasteiger partial charge in [0.25, 0.3) is 0 Å². The van der Waals surface area contributed by atoms with Gasteiger partial charge in [-0.25, -0.2) is 14.2 Å². The van der Waals surface area contributed by atoms with Crippen molar-refractivity contribution in [3.05, 3.63) is 59.4 Å². The number of benzene rings is 2. The number of rotatable bonds is 9. The number of phosphoric ester groups is 1. The number of H-pyrrole nitrogens is 2. The van der Waals surface area contributed by atoms with E-state index in [1.165, 1.54) is 0 Å². The highest BCUT2D eigenvalue weighted by Crippen LogP contribution is 2.40. The molecule has 38 heavy (non-hydrogen) atoms. The topological polar surface area (TPSA) is 212 Å². The van der Waals surface area contributed by atoms with Gasteiger partial charge in [-0.15, -0.1) is 5.10 Å². The average molecular weight is 542 g/mol. The fourth-order valence-electron chi connectivity index (χ4n) is 3.95. The quantitative estimate of drug-likeness (QED) is 0.0911. The number of nitrogens with zero attached hydrogens (tertiary/aromatic N) is 4. The summed E-state index contributed by atoms with van der Waals surface area (Å²) in [6, 6.07) is 11.8. The number of aromatic nitrogens is 6. The molecule has 0 fully saturated rings. The zero-order chi connectivity index (χ0) is 26.7. The molecule has 5 rings (SSSR count). The van der Waals surface area contributed by atoms with Crippen LogP contribution in [0.1, 0.15) is 21.6 Å². The van der Waals surface area contributed by atoms with Crippen LogP contribution < -0.4 is 0 Å². The Morgan fingerprint density at radius 2 is 1.63 bits per heavy atom. The largest absolute Gasteiger partial charge is 0.511 e. The second-order valence-corrected chi connectivity index (χ2v) is 9.15. The van der Waals surface area contributed by atoms with E-state index in [4.69, 9.17) is 14.5 Å². The van der Waals surface area contributed by atoms with Crippen LogP contribution in [0.15, 0.2) is 42.6 Å². The SMILES string of the molecule is O=C(OCCOP(=O)(O)O)OCOC(=O)c1n[nH]nc1-c1ccc2c(c1)Cc1cc(-c3cn[nH]n3)ccc1-2. The summed E-state index contributed by atoms with van der Waals surface area (Å²) >= 11 is 0. The first-order chi connectivity index (χ1) is 18.3. The maximum atomic E-state index is 12.5. The standard InChI is InChI=1S/C22H19N6O9P/c29-21(35-11-36-22(30)34-5-6-37-38(31,32)33)20-19(25-28-26-20)13-2-4-17-15(8-13)9-14-7-12(1-3-16(14)17)18-10-23-27-24-18/h1-4,7-8,10H,5-6,9,11H2,(H,23,24,27)(H,25,26,28)(H2,31,32,33). The predicted molar refractivity (Wildman–Crippen MR) is 126 cm³/mol. The second kappa shape index (κ2) is 10.5. The van der Waals surface area contributed by atoms with Crippen molar-refractivity contribution < 1.29 is 42.7 Å². The third-order valence-electron chi connectivity index (χ3n) is 5.54. The van der Waals surface area contributed by atoms with Crippen LogP contribution in [-0.2, 0) is 29.7 Å². The molecule has 0 saturated heterocycles. The number of esters is 1. The smallest absolute Gasteiger partial charge is 0.432 e. The highest BCUT2D eigenvalue weighted by Gasteiger charge is 2.24. The third kappa shape index (κ3) is 5.60. The minimum Gasteiger partial charge on any atom is -0.432 e. The van der Waals surface area contributed by atoms with Crippen LogP contribution >= 0.6 is 7.82 Å². The highest BCUT2D eigenvalue weighted by atomic mass is 31.2. The fraction of sp³-hybridized carbons (Fsp3) is 0.182. The van der Waals surface area contributed by atoms with Gasteiger partial charge in [0.15, 0.2) is 5.69 Å². The molecule has 196 valence electrons. The van der Waals surface area contributed by atoms with Crippen molar-refractivity contribution in [2.45, 2.75) is 6.42 Å². The van der Waals surface area contributed by atoms with Crippen LogP contribution in [-0.4, -0.2) is 72.7 Å². The van der Waals surface area contributed by atoms with Crippen LogP contribution in [0.25, 0.3) is 33.6 Å². The lowest BCUT2D eigenvalue weighted by atomic mass is 10.0. The Labute approximate surface area is 213 Å². The summed E-state index contributed by atoms with van der Waals surface area (Å²) in [5, 5.41) is 20.9. The van der Waals surface area contributed by atoms with Gasteiger partial charge in [-0.05, 0) is 40.8 Å². The number of hydrogen-bond acceptors (Lipinski definition) is 11. The number of aromatic amines is 2. The molecule has 1 aliphatic carbocycles. The maximum Gasteiger partial charge on any atom is 0.511 e. The molecule has 1 aliphatic rings. The summed E-state index contributed by atoms with van der Waals surface area (Å²) in [5.41, 5.74) is 6.85. The van der Waals surface area contributed by atoms with Gasteiger partial charge in [0.1, 0.15) is 18.0 Å². The predicted octanol–water partition coefficient (Wildman–Crippen LogP) is 2.20. The van der Waals surface area contributed by atoms with Crippen LogP contribution in [0.5, 0.6) is 0 Å². The lowest BCUT2D eigenvalue weighted by Gasteiger charge is -2.08. The molecule has 0 aliphatic heterocycles. The van der Waals surface area contributed by atoms with Crippen molar-refractivity contribution in [2.75, 3.05) is 20.0 Å². The molecule has 0 atom stereocenters. The summed E-state index contributed by atoms with van der Waals surface area (Å²) < 4.78 is 28.7. The first-order valence-electron chi connectivity index (χ1n) is 11.0. The molecule has 16 heteroatoms. The van der Waals surface area contributed by atoms with Gasteiger partial charge in [0, 0.05) is 11.1 Å². The summed E-state index contributed by atoms with van der Waals surface area (Å²) in [4.78, 5) is 41.1. The van der Waals surface area contributed by atoms with Gasteiger partial charge in [-0.3, -0.25) is 4.52 Å². The van der Waals surface area contributed by atoms with Gasteiger partial charge >= 0.3 is 19.9 Å². The van der Waals surface area contributed by atoms with Gasteiger partial charge in [-0.1, -0.05) is 24.3 Å². The molecule has 4 N–H and O–H groups in total. The molecule has 0 saturated carbocycles. The molecule has 0 radical (unpaired) electrons. The van der Waals surface area contributed by atoms with Crippen molar-refractivity contribution in [1.29, 1.82) is 0 Å². The van der Waals surface area contributed by atoms with E-state index < -0.39 is 40.0 Å². The van der Waals surface area contributed by atoms with Crippen molar-refractivity contribution in [1.82, 2.24) is 30.8 Å². The molecule has 2 aromatic carbocycles. The number of hydrogen-bond donors (Lipinski definition) is 4. The van der Waals surface area contributed by atoms with Crippen LogP contribution in [0.4, 0.5) is 4.79 Å².